The zero-order valence-corrected chi connectivity index (χ0v) is 11.9. The molecule has 1 aromatic rings. The Morgan fingerprint density at radius 2 is 2.00 bits per heavy atom. The molecule has 7 heteroatoms. The Balaban J connectivity index is 2.43. The van der Waals surface area contributed by atoms with Crippen LogP contribution in [0, 0.1) is 5.82 Å². The first kappa shape index (κ1) is 15.4. The number of hydrogen-bond acceptors (Lipinski definition) is 3. The number of hydrogen-bond donors (Lipinski definition) is 1. The molecule has 18 heavy (non-hydrogen) atoms. The number of sulfonamides is 1. The summed E-state index contributed by atoms with van der Waals surface area (Å²) in [4.78, 5) is 0. The van der Waals surface area contributed by atoms with Crippen molar-refractivity contribution in [2.45, 2.75) is 6.54 Å². The lowest BCUT2D eigenvalue weighted by Gasteiger charge is -2.11. The Morgan fingerprint density at radius 3 is 2.56 bits per heavy atom. The van der Waals surface area contributed by atoms with Gasteiger partial charge >= 0.3 is 0 Å². The third-order valence-electron chi connectivity index (χ3n) is 2.34. The largest absolute Gasteiger partial charge is 0.312 e. The quantitative estimate of drug-likeness (QED) is 0.808. The molecular weight excluding hydrogens is 279 g/mol. The average Bonchev–Trinajstić information content (AvgIpc) is 2.23. The number of halogens is 2. The van der Waals surface area contributed by atoms with Crippen LogP contribution in [0.4, 0.5) is 4.39 Å². The van der Waals surface area contributed by atoms with Crippen molar-refractivity contribution >= 4 is 21.6 Å². The van der Waals surface area contributed by atoms with Gasteiger partial charge in [-0.05, 0) is 23.8 Å². The van der Waals surface area contributed by atoms with E-state index in [0.29, 0.717) is 23.7 Å². The molecule has 4 nitrogen and oxygen atoms in total. The fourth-order valence-corrected chi connectivity index (χ4v) is 2.34. The molecule has 0 aliphatic carbocycles. The minimum Gasteiger partial charge on any atom is -0.312 e. The lowest BCUT2D eigenvalue weighted by atomic mass is 10.2. The van der Waals surface area contributed by atoms with Crippen LogP contribution in [0.25, 0.3) is 0 Å². The van der Waals surface area contributed by atoms with E-state index in [4.69, 9.17) is 11.6 Å². The molecule has 0 amide bonds. The summed E-state index contributed by atoms with van der Waals surface area (Å²) in [5.41, 5.74) is 0.683. The molecule has 0 heterocycles. The standard InChI is InChI=1S/C11H16ClFN2O2S/c1-15(2)18(16,17)4-3-14-8-9-5-10(12)7-11(13)6-9/h5-7,14H,3-4,8H2,1-2H3. The van der Waals surface area contributed by atoms with Gasteiger partial charge in [-0.2, -0.15) is 0 Å². The third kappa shape index (κ3) is 4.89. The second-order valence-electron chi connectivity index (χ2n) is 4.05. The van der Waals surface area contributed by atoms with E-state index in [0.717, 1.165) is 0 Å². The number of benzene rings is 1. The Hall–Kier alpha value is -0.690. The van der Waals surface area contributed by atoms with Crippen LogP contribution in [0.3, 0.4) is 0 Å². The van der Waals surface area contributed by atoms with E-state index in [1.165, 1.54) is 30.5 Å². The Morgan fingerprint density at radius 1 is 1.33 bits per heavy atom. The van der Waals surface area contributed by atoms with Gasteiger partial charge in [-0.15, -0.1) is 0 Å². The van der Waals surface area contributed by atoms with Crippen LogP contribution in [-0.2, 0) is 16.6 Å². The third-order valence-corrected chi connectivity index (χ3v) is 4.40. The molecule has 0 bridgehead atoms. The normalized spacial score (nSPS) is 12.1. The van der Waals surface area contributed by atoms with Crippen LogP contribution in [0.1, 0.15) is 5.56 Å². The fraction of sp³-hybridized carbons (Fsp3) is 0.455. The van der Waals surface area contributed by atoms with Crippen LogP contribution < -0.4 is 5.32 Å². The molecule has 0 saturated carbocycles. The highest BCUT2D eigenvalue weighted by Gasteiger charge is 2.12. The van der Waals surface area contributed by atoms with Crippen molar-refractivity contribution in [3.05, 3.63) is 34.6 Å². The molecule has 0 saturated heterocycles. The first-order valence-electron chi connectivity index (χ1n) is 5.37. The second kappa shape index (κ2) is 6.47. The van der Waals surface area contributed by atoms with Crippen molar-refractivity contribution in [3.63, 3.8) is 0 Å². The summed E-state index contributed by atoms with van der Waals surface area (Å²) in [6, 6.07) is 4.22. The smallest absolute Gasteiger partial charge is 0.214 e. The van der Waals surface area contributed by atoms with Gasteiger partial charge in [0.15, 0.2) is 0 Å². The summed E-state index contributed by atoms with van der Waals surface area (Å²) < 4.78 is 37.1. The molecule has 0 fully saturated rings. The molecule has 0 unspecified atom stereocenters. The lowest BCUT2D eigenvalue weighted by molar-refractivity contribution is 0.517. The summed E-state index contributed by atoms with van der Waals surface area (Å²) in [7, 11) is -0.223. The predicted octanol–water partition coefficient (Wildman–Crippen LogP) is 1.46. The van der Waals surface area contributed by atoms with Gasteiger partial charge in [-0.1, -0.05) is 11.6 Å². The van der Waals surface area contributed by atoms with E-state index < -0.39 is 15.8 Å². The summed E-state index contributed by atoms with van der Waals surface area (Å²) >= 11 is 5.71. The number of nitrogens with zero attached hydrogens (tertiary/aromatic N) is 1. The van der Waals surface area contributed by atoms with Crippen molar-refractivity contribution < 1.29 is 12.8 Å². The minimum absolute atomic E-state index is 0.00302. The van der Waals surface area contributed by atoms with E-state index in [2.05, 4.69) is 5.32 Å². The molecule has 1 N–H and O–H groups in total. The van der Waals surface area contributed by atoms with Crippen molar-refractivity contribution in [3.8, 4) is 0 Å². The van der Waals surface area contributed by atoms with Gasteiger partial charge in [0.2, 0.25) is 10.0 Å². The highest BCUT2D eigenvalue weighted by atomic mass is 35.5. The van der Waals surface area contributed by atoms with E-state index in [1.54, 1.807) is 6.07 Å². The van der Waals surface area contributed by atoms with Gasteiger partial charge in [-0.25, -0.2) is 17.1 Å². The van der Waals surface area contributed by atoms with Crippen LogP contribution in [0.2, 0.25) is 5.02 Å². The number of nitrogens with one attached hydrogen (secondary N) is 1. The topological polar surface area (TPSA) is 49.4 Å². The van der Waals surface area contributed by atoms with E-state index >= 15 is 0 Å². The molecule has 1 aromatic carbocycles. The fourth-order valence-electron chi connectivity index (χ4n) is 1.33. The van der Waals surface area contributed by atoms with Crippen molar-refractivity contribution in [2.75, 3.05) is 26.4 Å². The van der Waals surface area contributed by atoms with Gasteiger partial charge in [-0.3, -0.25) is 0 Å². The minimum atomic E-state index is -3.20. The Bertz CT molecular complexity index is 486. The van der Waals surface area contributed by atoms with Crippen LogP contribution in [0.5, 0.6) is 0 Å². The molecule has 1 rings (SSSR count). The van der Waals surface area contributed by atoms with Crippen LogP contribution in [0.15, 0.2) is 18.2 Å². The Kier molecular flexibility index (Phi) is 5.52. The number of rotatable bonds is 6. The van der Waals surface area contributed by atoms with Gasteiger partial charge in [0.1, 0.15) is 5.82 Å². The maximum Gasteiger partial charge on any atom is 0.214 e. The molecule has 0 radical (unpaired) electrons. The SMILES string of the molecule is CN(C)S(=O)(=O)CCNCc1cc(F)cc(Cl)c1. The van der Waals surface area contributed by atoms with Crippen molar-refractivity contribution in [1.82, 2.24) is 9.62 Å². The zero-order chi connectivity index (χ0) is 13.8. The highest BCUT2D eigenvalue weighted by molar-refractivity contribution is 7.89. The molecule has 0 aromatic heterocycles. The summed E-state index contributed by atoms with van der Waals surface area (Å²) in [5.74, 6) is -0.400. The average molecular weight is 295 g/mol. The molecule has 0 atom stereocenters. The van der Waals surface area contributed by atoms with Crippen molar-refractivity contribution in [1.29, 1.82) is 0 Å². The molecule has 0 aliphatic rings. The van der Waals surface area contributed by atoms with Crippen LogP contribution in [-0.4, -0.2) is 39.1 Å². The van der Waals surface area contributed by atoms with Crippen LogP contribution >= 0.6 is 11.6 Å². The van der Waals surface area contributed by atoms with E-state index in [1.807, 2.05) is 0 Å². The Labute approximate surface area is 112 Å². The molecule has 102 valence electrons. The lowest BCUT2D eigenvalue weighted by Crippen LogP contribution is -2.31. The van der Waals surface area contributed by atoms with Gasteiger partial charge in [0.25, 0.3) is 0 Å². The first-order chi connectivity index (χ1) is 8.31. The second-order valence-corrected chi connectivity index (χ2v) is 6.79. The highest BCUT2D eigenvalue weighted by Crippen LogP contribution is 2.13. The molecular formula is C11H16ClFN2O2S. The first-order valence-corrected chi connectivity index (χ1v) is 7.36. The summed E-state index contributed by atoms with van der Waals surface area (Å²) in [5, 5.41) is 3.26. The maximum absolute atomic E-state index is 13.0. The maximum atomic E-state index is 13.0. The van der Waals surface area contributed by atoms with Gasteiger partial charge in [0.05, 0.1) is 5.75 Å². The van der Waals surface area contributed by atoms with Gasteiger partial charge < -0.3 is 5.32 Å². The van der Waals surface area contributed by atoms with Gasteiger partial charge in [0, 0.05) is 32.2 Å². The van der Waals surface area contributed by atoms with E-state index in [9.17, 15) is 12.8 Å². The summed E-state index contributed by atoms with van der Waals surface area (Å²) in [6.07, 6.45) is 0. The zero-order valence-electron chi connectivity index (χ0n) is 10.3. The predicted molar refractivity (Wildman–Crippen MR) is 70.6 cm³/mol. The molecule has 0 spiro atoms. The van der Waals surface area contributed by atoms with E-state index in [-0.39, 0.29) is 5.75 Å². The van der Waals surface area contributed by atoms with Crippen molar-refractivity contribution in [2.24, 2.45) is 0 Å². The molecule has 0 aliphatic heterocycles. The monoisotopic (exact) mass is 294 g/mol. The summed E-state index contributed by atoms with van der Waals surface area (Å²) in [6.45, 7) is 0.676.